The molecule has 5 heteroatoms. The molecule has 0 aliphatic heterocycles. The van der Waals surface area contributed by atoms with E-state index in [1.54, 1.807) is 20.3 Å². The second kappa shape index (κ2) is 8.71. The van der Waals surface area contributed by atoms with Crippen LogP contribution >= 0.6 is 0 Å². The van der Waals surface area contributed by atoms with Gasteiger partial charge in [-0.05, 0) is 74.4 Å². The van der Waals surface area contributed by atoms with Gasteiger partial charge < -0.3 is 14.8 Å². The minimum Gasteiger partial charge on any atom is -0.497 e. The Labute approximate surface area is 188 Å². The van der Waals surface area contributed by atoms with Gasteiger partial charge in [-0.15, -0.1) is 0 Å². The molecule has 1 aromatic heterocycles. The first-order chi connectivity index (χ1) is 15.4. The summed E-state index contributed by atoms with van der Waals surface area (Å²) < 4.78 is 10.6. The van der Waals surface area contributed by atoms with Crippen LogP contribution in [0.2, 0.25) is 0 Å². The number of hydrogen-bond acceptors (Lipinski definition) is 4. The van der Waals surface area contributed by atoms with E-state index in [1.165, 1.54) is 0 Å². The van der Waals surface area contributed by atoms with Gasteiger partial charge in [-0.3, -0.25) is 4.79 Å². The molecule has 4 aromatic rings. The smallest absolute Gasteiger partial charge is 0.256 e. The number of carbonyl (C=O) groups excluding carboxylic acids is 1. The summed E-state index contributed by atoms with van der Waals surface area (Å²) in [7, 11) is 3.25. The molecule has 162 valence electrons. The molecular formula is C27H26N2O3. The Kier molecular flexibility index (Phi) is 5.82. The van der Waals surface area contributed by atoms with Gasteiger partial charge >= 0.3 is 0 Å². The van der Waals surface area contributed by atoms with Crippen molar-refractivity contribution in [1.82, 2.24) is 4.98 Å². The van der Waals surface area contributed by atoms with E-state index in [-0.39, 0.29) is 5.91 Å². The Morgan fingerprint density at radius 2 is 1.59 bits per heavy atom. The summed E-state index contributed by atoms with van der Waals surface area (Å²) >= 11 is 0. The van der Waals surface area contributed by atoms with E-state index in [9.17, 15) is 4.79 Å². The van der Waals surface area contributed by atoms with Gasteiger partial charge in [0, 0.05) is 22.7 Å². The van der Waals surface area contributed by atoms with Crippen molar-refractivity contribution in [3.63, 3.8) is 0 Å². The Morgan fingerprint density at radius 1 is 0.875 bits per heavy atom. The van der Waals surface area contributed by atoms with E-state index in [2.05, 4.69) is 11.4 Å². The number of ether oxygens (including phenoxy) is 2. The molecule has 0 spiro atoms. The van der Waals surface area contributed by atoms with Crippen LogP contribution in [0.4, 0.5) is 5.69 Å². The third-order valence-corrected chi connectivity index (χ3v) is 5.59. The molecule has 1 heterocycles. The van der Waals surface area contributed by atoms with Crippen molar-refractivity contribution in [2.24, 2.45) is 0 Å². The SMILES string of the molecule is COc1ccc(-c2nc3c(C)cc(C)cc3c(C(=O)Nc3cccc(OC)c3)c2C)cc1. The maximum absolute atomic E-state index is 13.6. The van der Waals surface area contributed by atoms with Crippen LogP contribution in [0.3, 0.4) is 0 Å². The number of fused-ring (bicyclic) bond motifs is 1. The fourth-order valence-corrected chi connectivity index (χ4v) is 4.03. The summed E-state index contributed by atoms with van der Waals surface area (Å²) in [6.45, 7) is 6.01. The van der Waals surface area contributed by atoms with Crippen molar-refractivity contribution < 1.29 is 14.3 Å². The fraction of sp³-hybridized carbons (Fsp3) is 0.185. The number of carbonyl (C=O) groups is 1. The lowest BCUT2D eigenvalue weighted by atomic mass is 9.94. The molecule has 5 nitrogen and oxygen atoms in total. The van der Waals surface area contributed by atoms with Gasteiger partial charge in [-0.1, -0.05) is 17.7 Å². The van der Waals surface area contributed by atoms with Crippen molar-refractivity contribution in [2.45, 2.75) is 20.8 Å². The third kappa shape index (κ3) is 4.02. The zero-order valence-electron chi connectivity index (χ0n) is 18.9. The maximum atomic E-state index is 13.6. The highest BCUT2D eigenvalue weighted by molar-refractivity contribution is 6.15. The standard InChI is InChI=1S/C27H26N2O3/c1-16-13-17(2)25-23(14-16)24(27(30)28-20-7-6-8-22(15-20)32-5)18(3)26(29-25)19-9-11-21(31-4)12-10-19/h6-15H,1-5H3,(H,28,30). The average molecular weight is 427 g/mol. The number of nitrogens with zero attached hydrogens (tertiary/aromatic N) is 1. The monoisotopic (exact) mass is 426 g/mol. The van der Waals surface area contributed by atoms with E-state index in [1.807, 2.05) is 69.3 Å². The number of nitrogens with one attached hydrogen (secondary N) is 1. The third-order valence-electron chi connectivity index (χ3n) is 5.59. The predicted octanol–water partition coefficient (Wildman–Crippen LogP) is 6.10. The molecular weight excluding hydrogens is 400 g/mol. The lowest BCUT2D eigenvalue weighted by Gasteiger charge is -2.17. The summed E-state index contributed by atoms with van der Waals surface area (Å²) in [5.41, 5.74) is 6.78. The van der Waals surface area contributed by atoms with Crippen LogP contribution < -0.4 is 14.8 Å². The Balaban J connectivity index is 1.90. The fourth-order valence-electron chi connectivity index (χ4n) is 4.03. The second-order valence-corrected chi connectivity index (χ2v) is 7.85. The summed E-state index contributed by atoms with van der Waals surface area (Å²) in [5.74, 6) is 1.28. The van der Waals surface area contributed by atoms with E-state index in [4.69, 9.17) is 14.5 Å². The summed E-state index contributed by atoms with van der Waals surface area (Å²) in [5, 5.41) is 3.88. The topological polar surface area (TPSA) is 60.5 Å². The van der Waals surface area contributed by atoms with Gasteiger partial charge in [0.25, 0.3) is 5.91 Å². The molecule has 0 aliphatic carbocycles. The number of rotatable bonds is 5. The minimum atomic E-state index is -0.178. The molecule has 32 heavy (non-hydrogen) atoms. The highest BCUT2D eigenvalue weighted by Gasteiger charge is 2.20. The highest BCUT2D eigenvalue weighted by atomic mass is 16.5. The quantitative estimate of drug-likeness (QED) is 0.419. The van der Waals surface area contributed by atoms with Crippen molar-refractivity contribution in [3.8, 4) is 22.8 Å². The molecule has 0 unspecified atom stereocenters. The molecule has 0 atom stereocenters. The average Bonchev–Trinajstić information content (AvgIpc) is 2.78. The number of methoxy groups -OCH3 is 2. The molecule has 1 amide bonds. The molecule has 0 fully saturated rings. The van der Waals surface area contributed by atoms with Crippen LogP contribution in [-0.4, -0.2) is 25.1 Å². The highest BCUT2D eigenvalue weighted by Crippen LogP contribution is 2.33. The van der Waals surface area contributed by atoms with Gasteiger partial charge in [0.15, 0.2) is 0 Å². The number of aryl methyl sites for hydroxylation is 2. The first-order valence-corrected chi connectivity index (χ1v) is 10.4. The number of amides is 1. The molecule has 0 radical (unpaired) electrons. The van der Waals surface area contributed by atoms with E-state index >= 15 is 0 Å². The van der Waals surface area contributed by atoms with Crippen LogP contribution in [0.25, 0.3) is 22.2 Å². The number of benzene rings is 3. The number of aromatic nitrogens is 1. The van der Waals surface area contributed by atoms with Gasteiger partial charge in [0.2, 0.25) is 0 Å². The predicted molar refractivity (Wildman–Crippen MR) is 129 cm³/mol. The second-order valence-electron chi connectivity index (χ2n) is 7.85. The van der Waals surface area contributed by atoms with E-state index in [0.717, 1.165) is 44.6 Å². The number of hydrogen-bond donors (Lipinski definition) is 1. The van der Waals surface area contributed by atoms with E-state index < -0.39 is 0 Å². The zero-order chi connectivity index (χ0) is 22.8. The van der Waals surface area contributed by atoms with E-state index in [0.29, 0.717) is 17.0 Å². The number of pyridine rings is 1. The molecule has 0 saturated heterocycles. The molecule has 4 rings (SSSR count). The summed E-state index contributed by atoms with van der Waals surface area (Å²) in [6, 6.07) is 19.2. The van der Waals surface area contributed by atoms with Crippen LogP contribution in [0.1, 0.15) is 27.0 Å². The zero-order valence-corrected chi connectivity index (χ0v) is 18.9. The maximum Gasteiger partial charge on any atom is 0.256 e. The van der Waals surface area contributed by atoms with Crippen molar-refractivity contribution in [3.05, 3.63) is 82.9 Å². The molecule has 1 N–H and O–H groups in total. The van der Waals surface area contributed by atoms with Gasteiger partial charge in [-0.25, -0.2) is 4.98 Å². The van der Waals surface area contributed by atoms with Crippen LogP contribution in [0.5, 0.6) is 11.5 Å². The minimum absolute atomic E-state index is 0.178. The first kappa shape index (κ1) is 21.4. The summed E-state index contributed by atoms with van der Waals surface area (Å²) in [6.07, 6.45) is 0. The lowest BCUT2D eigenvalue weighted by Crippen LogP contribution is -2.15. The van der Waals surface area contributed by atoms with Gasteiger partial charge in [-0.2, -0.15) is 0 Å². The molecule has 3 aromatic carbocycles. The number of anilines is 1. The molecule has 0 saturated carbocycles. The van der Waals surface area contributed by atoms with Crippen molar-refractivity contribution in [1.29, 1.82) is 0 Å². The Hall–Kier alpha value is -3.86. The van der Waals surface area contributed by atoms with Crippen molar-refractivity contribution >= 4 is 22.5 Å². The Morgan fingerprint density at radius 3 is 2.28 bits per heavy atom. The normalized spacial score (nSPS) is 10.8. The van der Waals surface area contributed by atoms with Crippen molar-refractivity contribution in [2.75, 3.05) is 19.5 Å². The Bertz CT molecular complexity index is 1310. The largest absolute Gasteiger partial charge is 0.497 e. The van der Waals surface area contributed by atoms with Crippen LogP contribution in [-0.2, 0) is 0 Å². The summed E-state index contributed by atoms with van der Waals surface area (Å²) in [4.78, 5) is 18.5. The van der Waals surface area contributed by atoms with Gasteiger partial charge in [0.1, 0.15) is 11.5 Å². The molecule has 0 aliphatic rings. The van der Waals surface area contributed by atoms with Crippen LogP contribution in [0.15, 0.2) is 60.7 Å². The first-order valence-electron chi connectivity index (χ1n) is 10.4. The van der Waals surface area contributed by atoms with Gasteiger partial charge in [0.05, 0.1) is 31.0 Å². The van der Waals surface area contributed by atoms with Crippen LogP contribution in [0, 0.1) is 20.8 Å². The molecule has 0 bridgehead atoms. The lowest BCUT2D eigenvalue weighted by molar-refractivity contribution is 0.102.